The molecule has 1 aromatic carbocycles. The molecule has 0 saturated carbocycles. The third-order valence-electron chi connectivity index (χ3n) is 1.85. The highest BCUT2D eigenvalue weighted by Gasteiger charge is 2.35. The van der Waals surface area contributed by atoms with Gasteiger partial charge < -0.3 is 4.74 Å². The highest BCUT2D eigenvalue weighted by atomic mass is 19.4. The summed E-state index contributed by atoms with van der Waals surface area (Å²) in [4.78, 5) is 3.32. The van der Waals surface area contributed by atoms with Crippen molar-refractivity contribution in [3.63, 3.8) is 0 Å². The fourth-order valence-corrected chi connectivity index (χ4v) is 1.12. The van der Waals surface area contributed by atoms with Crippen molar-refractivity contribution in [1.29, 1.82) is 0 Å². The first-order valence-corrected chi connectivity index (χ1v) is 4.14. The van der Waals surface area contributed by atoms with E-state index in [4.69, 9.17) is 4.74 Å². The number of nitrogens with zero attached hydrogens (tertiary/aromatic N) is 1. The number of allylic oxidation sites excluding steroid dienone is 1. The van der Waals surface area contributed by atoms with Crippen molar-refractivity contribution in [3.05, 3.63) is 41.8 Å². The van der Waals surface area contributed by atoms with Crippen LogP contribution in [-0.2, 0) is 0 Å². The minimum Gasteiger partial charge on any atom is -0.462 e. The Morgan fingerprint density at radius 1 is 1.13 bits per heavy atom. The molecule has 78 valence electrons. The fraction of sp³-hybridized carbons (Fsp3) is 0.100. The van der Waals surface area contributed by atoms with E-state index in [0.717, 1.165) is 6.21 Å². The van der Waals surface area contributed by atoms with Crippen LogP contribution in [0.4, 0.5) is 13.2 Å². The lowest BCUT2D eigenvalue weighted by atomic mass is 10.2. The number of benzene rings is 1. The van der Waals surface area contributed by atoms with Gasteiger partial charge in [-0.1, -0.05) is 12.1 Å². The van der Waals surface area contributed by atoms with E-state index in [1.165, 1.54) is 0 Å². The average Bonchev–Trinajstić information content (AvgIpc) is 2.38. The third kappa shape index (κ3) is 2.01. The predicted molar refractivity (Wildman–Crippen MR) is 48.8 cm³/mol. The molecule has 1 aliphatic heterocycles. The van der Waals surface area contributed by atoms with Crippen LogP contribution in [0.25, 0.3) is 0 Å². The van der Waals surface area contributed by atoms with Gasteiger partial charge in [0, 0.05) is 11.8 Å². The van der Waals surface area contributed by atoms with Crippen LogP contribution in [0, 0.1) is 0 Å². The van der Waals surface area contributed by atoms with Crippen LogP contribution in [-0.4, -0.2) is 12.4 Å². The Morgan fingerprint density at radius 2 is 1.87 bits per heavy atom. The van der Waals surface area contributed by atoms with Crippen molar-refractivity contribution < 1.29 is 17.9 Å². The van der Waals surface area contributed by atoms with Gasteiger partial charge in [-0.3, -0.25) is 0 Å². The summed E-state index contributed by atoms with van der Waals surface area (Å²) < 4.78 is 41.7. The zero-order valence-corrected chi connectivity index (χ0v) is 7.45. The number of rotatable bonds is 0. The molecule has 2 rings (SSSR count). The summed E-state index contributed by atoms with van der Waals surface area (Å²) in [7, 11) is 0. The minimum atomic E-state index is -4.49. The minimum absolute atomic E-state index is 0.362. The van der Waals surface area contributed by atoms with Crippen LogP contribution in [0.15, 0.2) is 41.2 Å². The number of hydrogen-bond donors (Lipinski definition) is 0. The van der Waals surface area contributed by atoms with Gasteiger partial charge in [-0.15, -0.1) is 0 Å². The largest absolute Gasteiger partial charge is 0.462 e. The molecular weight excluding hydrogens is 207 g/mol. The topological polar surface area (TPSA) is 21.6 Å². The van der Waals surface area contributed by atoms with Crippen LogP contribution in [0.2, 0.25) is 0 Å². The Labute approximate surface area is 83.7 Å². The van der Waals surface area contributed by atoms with Gasteiger partial charge in [0.25, 0.3) is 0 Å². The van der Waals surface area contributed by atoms with Crippen molar-refractivity contribution in [2.24, 2.45) is 4.99 Å². The average molecular weight is 213 g/mol. The molecule has 0 aromatic heterocycles. The van der Waals surface area contributed by atoms with Gasteiger partial charge in [0.15, 0.2) is 5.70 Å². The summed E-state index contributed by atoms with van der Waals surface area (Å²) in [6.07, 6.45) is -2.73. The molecule has 1 aliphatic rings. The summed E-state index contributed by atoms with van der Waals surface area (Å²) in [5, 5.41) is 0. The summed E-state index contributed by atoms with van der Waals surface area (Å²) in [6, 6.07) is 6.59. The van der Waals surface area contributed by atoms with Crippen molar-refractivity contribution in [1.82, 2.24) is 0 Å². The molecule has 0 radical (unpaired) electrons. The van der Waals surface area contributed by atoms with Crippen LogP contribution < -0.4 is 4.74 Å². The number of hydrogen-bond acceptors (Lipinski definition) is 2. The first-order valence-electron chi connectivity index (χ1n) is 4.14. The summed E-state index contributed by atoms with van der Waals surface area (Å²) in [5.41, 5.74) is -0.522. The SMILES string of the molecule is FC(F)(F)C1=COc2ccccc2C=N1. The standard InChI is InChI=1S/C10H6F3NO/c11-10(12,13)9-6-15-8-4-2-1-3-7(8)5-14-9/h1-6H. The van der Waals surface area contributed by atoms with E-state index in [1.807, 2.05) is 0 Å². The molecule has 0 saturated heterocycles. The van der Waals surface area contributed by atoms with Crippen LogP contribution >= 0.6 is 0 Å². The Kier molecular flexibility index (Phi) is 2.22. The van der Waals surface area contributed by atoms with Gasteiger partial charge in [0.05, 0.1) is 0 Å². The number of alkyl halides is 3. The lowest BCUT2D eigenvalue weighted by Crippen LogP contribution is -2.10. The number of para-hydroxylation sites is 1. The number of ether oxygens (including phenoxy) is 1. The monoisotopic (exact) mass is 213 g/mol. The fourth-order valence-electron chi connectivity index (χ4n) is 1.12. The molecule has 0 amide bonds. The molecule has 2 nitrogen and oxygen atoms in total. The predicted octanol–water partition coefficient (Wildman–Crippen LogP) is 2.90. The van der Waals surface area contributed by atoms with Crippen LogP contribution in [0.3, 0.4) is 0 Å². The second-order valence-electron chi connectivity index (χ2n) is 2.91. The molecule has 0 bridgehead atoms. The van der Waals surface area contributed by atoms with E-state index in [-0.39, 0.29) is 0 Å². The summed E-state index contributed by atoms with van der Waals surface area (Å²) in [5.74, 6) is 0.362. The molecular formula is C10H6F3NO. The second kappa shape index (κ2) is 3.42. The molecule has 0 N–H and O–H groups in total. The molecule has 5 heteroatoms. The van der Waals surface area contributed by atoms with Gasteiger partial charge in [-0.25, -0.2) is 4.99 Å². The Bertz CT molecular complexity index is 435. The lowest BCUT2D eigenvalue weighted by Gasteiger charge is -2.04. The molecule has 0 fully saturated rings. The maximum atomic E-state index is 12.3. The van der Waals surface area contributed by atoms with Crippen molar-refractivity contribution >= 4 is 6.21 Å². The van der Waals surface area contributed by atoms with Gasteiger partial charge in [0.1, 0.15) is 12.0 Å². The first-order chi connectivity index (χ1) is 7.07. The Hall–Kier alpha value is -1.78. The van der Waals surface area contributed by atoms with Crippen molar-refractivity contribution in [2.75, 3.05) is 0 Å². The highest BCUT2D eigenvalue weighted by molar-refractivity contribution is 5.84. The number of fused-ring (bicyclic) bond motifs is 1. The van der Waals surface area contributed by atoms with E-state index >= 15 is 0 Å². The zero-order chi connectivity index (χ0) is 10.9. The van der Waals surface area contributed by atoms with E-state index in [9.17, 15) is 13.2 Å². The molecule has 1 aromatic rings. The normalized spacial score (nSPS) is 15.0. The Balaban J connectivity index is 2.38. The molecule has 0 unspecified atom stereocenters. The van der Waals surface area contributed by atoms with Crippen molar-refractivity contribution in [2.45, 2.75) is 6.18 Å². The smallest absolute Gasteiger partial charge is 0.436 e. The van der Waals surface area contributed by atoms with Gasteiger partial charge >= 0.3 is 6.18 Å². The first kappa shape index (κ1) is 9.76. The molecule has 0 atom stereocenters. The summed E-state index contributed by atoms with van der Waals surface area (Å²) >= 11 is 0. The number of halogens is 3. The summed E-state index contributed by atoms with van der Waals surface area (Å²) in [6.45, 7) is 0. The molecule has 1 heterocycles. The lowest BCUT2D eigenvalue weighted by molar-refractivity contribution is -0.0935. The highest BCUT2D eigenvalue weighted by Crippen LogP contribution is 2.29. The van der Waals surface area contributed by atoms with E-state index in [2.05, 4.69) is 4.99 Å². The van der Waals surface area contributed by atoms with E-state index in [0.29, 0.717) is 17.6 Å². The van der Waals surface area contributed by atoms with E-state index < -0.39 is 11.9 Å². The van der Waals surface area contributed by atoms with Crippen LogP contribution in [0.1, 0.15) is 5.56 Å². The molecule has 0 aliphatic carbocycles. The maximum Gasteiger partial charge on any atom is 0.436 e. The third-order valence-corrected chi connectivity index (χ3v) is 1.85. The Morgan fingerprint density at radius 3 is 2.60 bits per heavy atom. The second-order valence-corrected chi connectivity index (χ2v) is 2.91. The van der Waals surface area contributed by atoms with Gasteiger partial charge in [0.2, 0.25) is 0 Å². The van der Waals surface area contributed by atoms with Gasteiger partial charge in [-0.05, 0) is 12.1 Å². The van der Waals surface area contributed by atoms with Crippen LogP contribution in [0.5, 0.6) is 5.75 Å². The van der Waals surface area contributed by atoms with E-state index in [1.54, 1.807) is 24.3 Å². The zero-order valence-electron chi connectivity index (χ0n) is 7.45. The van der Waals surface area contributed by atoms with Crippen molar-refractivity contribution in [3.8, 4) is 5.75 Å². The molecule has 0 spiro atoms. The van der Waals surface area contributed by atoms with Gasteiger partial charge in [-0.2, -0.15) is 13.2 Å². The number of aliphatic imine (C=N–C) groups is 1. The quantitative estimate of drug-likeness (QED) is 0.649. The molecule has 15 heavy (non-hydrogen) atoms. The maximum absolute atomic E-state index is 12.3.